The molecule has 88 valence electrons. The first-order valence-corrected chi connectivity index (χ1v) is 5.88. The predicted molar refractivity (Wildman–Crippen MR) is 59.0 cm³/mol. The lowest BCUT2D eigenvalue weighted by Gasteiger charge is -2.33. The summed E-state index contributed by atoms with van der Waals surface area (Å²) < 4.78 is 11.0. The Morgan fingerprint density at radius 2 is 2.27 bits per heavy atom. The lowest BCUT2D eigenvalue weighted by atomic mass is 10.0. The van der Waals surface area contributed by atoms with Gasteiger partial charge < -0.3 is 14.8 Å². The molecule has 2 aliphatic heterocycles. The molecular weight excluding hydrogens is 192 g/mol. The number of ether oxygens (including phenoxy) is 2. The Bertz CT molecular complexity index is 201. The Morgan fingerprint density at radius 1 is 1.40 bits per heavy atom. The van der Waals surface area contributed by atoms with Crippen molar-refractivity contribution in [2.24, 2.45) is 5.92 Å². The first-order chi connectivity index (χ1) is 7.29. The van der Waals surface area contributed by atoms with Crippen LogP contribution in [0.15, 0.2) is 0 Å². The van der Waals surface area contributed by atoms with Crippen LogP contribution in [0.1, 0.15) is 6.92 Å². The highest BCUT2D eigenvalue weighted by Crippen LogP contribution is 2.16. The van der Waals surface area contributed by atoms with Crippen LogP contribution in [0.3, 0.4) is 0 Å². The van der Waals surface area contributed by atoms with Gasteiger partial charge in [-0.1, -0.05) is 0 Å². The van der Waals surface area contributed by atoms with Crippen molar-refractivity contribution in [3.8, 4) is 0 Å². The van der Waals surface area contributed by atoms with E-state index in [1.807, 2.05) is 7.05 Å². The van der Waals surface area contributed by atoms with Gasteiger partial charge in [-0.3, -0.25) is 4.90 Å². The van der Waals surface area contributed by atoms with E-state index in [1.54, 1.807) is 0 Å². The van der Waals surface area contributed by atoms with Gasteiger partial charge in [0, 0.05) is 31.6 Å². The molecule has 1 N–H and O–H groups in total. The minimum Gasteiger partial charge on any atom is -0.379 e. The van der Waals surface area contributed by atoms with E-state index in [9.17, 15) is 0 Å². The monoisotopic (exact) mass is 214 g/mol. The second-order valence-electron chi connectivity index (χ2n) is 4.63. The molecule has 0 aromatic heterocycles. The largest absolute Gasteiger partial charge is 0.379 e. The standard InChI is InChI=1S/C11H22N2O2/c1-9-5-13(3-4-15-9)6-10-7-14-8-11(10)12-2/h9-12H,3-8H2,1-2H3. The summed E-state index contributed by atoms with van der Waals surface area (Å²) >= 11 is 0. The lowest BCUT2D eigenvalue weighted by molar-refractivity contribution is -0.0240. The van der Waals surface area contributed by atoms with Crippen molar-refractivity contribution < 1.29 is 9.47 Å². The van der Waals surface area contributed by atoms with Gasteiger partial charge in [-0.15, -0.1) is 0 Å². The number of nitrogens with zero attached hydrogens (tertiary/aromatic N) is 1. The summed E-state index contributed by atoms with van der Waals surface area (Å²) in [4.78, 5) is 2.50. The van der Waals surface area contributed by atoms with Gasteiger partial charge in [0.15, 0.2) is 0 Å². The van der Waals surface area contributed by atoms with E-state index in [-0.39, 0.29) is 0 Å². The molecule has 0 bridgehead atoms. The quantitative estimate of drug-likeness (QED) is 0.714. The van der Waals surface area contributed by atoms with Gasteiger partial charge in [0.05, 0.1) is 25.9 Å². The van der Waals surface area contributed by atoms with E-state index < -0.39 is 0 Å². The van der Waals surface area contributed by atoms with Crippen LogP contribution in [-0.2, 0) is 9.47 Å². The van der Waals surface area contributed by atoms with Crippen LogP contribution in [-0.4, -0.2) is 63.5 Å². The maximum absolute atomic E-state index is 5.54. The summed E-state index contributed by atoms with van der Waals surface area (Å²) in [6.07, 6.45) is 0.383. The van der Waals surface area contributed by atoms with E-state index in [4.69, 9.17) is 9.47 Å². The van der Waals surface area contributed by atoms with Gasteiger partial charge >= 0.3 is 0 Å². The van der Waals surface area contributed by atoms with E-state index in [1.165, 1.54) is 0 Å². The molecule has 3 atom stereocenters. The van der Waals surface area contributed by atoms with Crippen molar-refractivity contribution in [1.82, 2.24) is 10.2 Å². The van der Waals surface area contributed by atoms with Crippen molar-refractivity contribution in [2.45, 2.75) is 19.1 Å². The van der Waals surface area contributed by atoms with E-state index >= 15 is 0 Å². The van der Waals surface area contributed by atoms with Crippen LogP contribution >= 0.6 is 0 Å². The highest BCUT2D eigenvalue weighted by molar-refractivity contribution is 4.83. The molecule has 0 saturated carbocycles. The Kier molecular flexibility index (Phi) is 3.97. The third-order valence-corrected chi connectivity index (χ3v) is 3.39. The molecular formula is C11H22N2O2. The molecule has 2 rings (SSSR count). The molecule has 3 unspecified atom stereocenters. The number of morpholine rings is 1. The highest BCUT2D eigenvalue weighted by Gasteiger charge is 2.29. The zero-order chi connectivity index (χ0) is 10.7. The fraction of sp³-hybridized carbons (Fsp3) is 1.00. The number of hydrogen-bond donors (Lipinski definition) is 1. The second kappa shape index (κ2) is 5.25. The molecule has 2 fully saturated rings. The zero-order valence-electron chi connectivity index (χ0n) is 9.74. The Hall–Kier alpha value is -0.160. The molecule has 0 amide bonds. The van der Waals surface area contributed by atoms with Crippen molar-refractivity contribution in [1.29, 1.82) is 0 Å². The smallest absolute Gasteiger partial charge is 0.0674 e. The maximum atomic E-state index is 5.54. The molecule has 15 heavy (non-hydrogen) atoms. The lowest BCUT2D eigenvalue weighted by Crippen LogP contribution is -2.46. The summed E-state index contributed by atoms with van der Waals surface area (Å²) in [5.74, 6) is 0.639. The van der Waals surface area contributed by atoms with Crippen molar-refractivity contribution in [2.75, 3.05) is 46.5 Å². The fourth-order valence-electron chi connectivity index (χ4n) is 2.49. The SMILES string of the molecule is CNC1COCC1CN1CCOC(C)C1. The minimum absolute atomic E-state index is 0.383. The molecule has 4 nitrogen and oxygen atoms in total. The molecule has 4 heteroatoms. The first-order valence-electron chi connectivity index (χ1n) is 5.88. The van der Waals surface area contributed by atoms with Crippen LogP contribution in [0, 0.1) is 5.92 Å². The Balaban J connectivity index is 1.80. The zero-order valence-corrected chi connectivity index (χ0v) is 9.74. The average Bonchev–Trinajstić information content (AvgIpc) is 2.65. The number of nitrogens with one attached hydrogen (secondary N) is 1. The van der Waals surface area contributed by atoms with Crippen LogP contribution in [0.4, 0.5) is 0 Å². The van der Waals surface area contributed by atoms with Crippen molar-refractivity contribution in [3.05, 3.63) is 0 Å². The molecule has 2 aliphatic rings. The summed E-state index contributed by atoms with van der Waals surface area (Å²) in [6, 6.07) is 0.531. The molecule has 2 heterocycles. The van der Waals surface area contributed by atoms with Crippen molar-refractivity contribution >= 4 is 0 Å². The van der Waals surface area contributed by atoms with Gasteiger partial charge in [-0.05, 0) is 14.0 Å². The van der Waals surface area contributed by atoms with E-state index in [0.29, 0.717) is 18.1 Å². The maximum Gasteiger partial charge on any atom is 0.0674 e. The van der Waals surface area contributed by atoms with Crippen LogP contribution in [0.5, 0.6) is 0 Å². The number of rotatable bonds is 3. The van der Waals surface area contributed by atoms with Gasteiger partial charge in [0.25, 0.3) is 0 Å². The average molecular weight is 214 g/mol. The predicted octanol–water partition coefficient (Wildman–Crippen LogP) is -0.0585. The van der Waals surface area contributed by atoms with Crippen LogP contribution in [0.2, 0.25) is 0 Å². The number of hydrogen-bond acceptors (Lipinski definition) is 4. The summed E-state index contributed by atoms with van der Waals surface area (Å²) in [5, 5.41) is 3.33. The molecule has 2 saturated heterocycles. The van der Waals surface area contributed by atoms with Gasteiger partial charge in [-0.2, -0.15) is 0 Å². The first kappa shape index (κ1) is 11.3. The van der Waals surface area contributed by atoms with Gasteiger partial charge in [-0.25, -0.2) is 0 Å². The summed E-state index contributed by atoms with van der Waals surface area (Å²) in [6.45, 7) is 8.05. The minimum atomic E-state index is 0.383. The van der Waals surface area contributed by atoms with Crippen LogP contribution in [0.25, 0.3) is 0 Å². The van der Waals surface area contributed by atoms with E-state index in [2.05, 4.69) is 17.1 Å². The topological polar surface area (TPSA) is 33.7 Å². The van der Waals surface area contributed by atoms with E-state index in [0.717, 1.165) is 39.5 Å². The fourth-order valence-corrected chi connectivity index (χ4v) is 2.49. The highest BCUT2D eigenvalue weighted by atomic mass is 16.5. The summed E-state index contributed by atoms with van der Waals surface area (Å²) in [7, 11) is 2.02. The second-order valence-corrected chi connectivity index (χ2v) is 4.63. The molecule has 0 aromatic rings. The molecule has 0 radical (unpaired) electrons. The van der Waals surface area contributed by atoms with Crippen molar-refractivity contribution in [3.63, 3.8) is 0 Å². The Morgan fingerprint density at radius 3 is 3.00 bits per heavy atom. The Labute approximate surface area is 91.9 Å². The van der Waals surface area contributed by atoms with Crippen LogP contribution < -0.4 is 5.32 Å². The number of likely N-dealkylation sites (N-methyl/N-ethyl adjacent to an activating group) is 1. The molecule has 0 spiro atoms. The summed E-state index contributed by atoms with van der Waals surface area (Å²) in [5.41, 5.74) is 0. The van der Waals surface area contributed by atoms with Gasteiger partial charge in [0.2, 0.25) is 0 Å². The third-order valence-electron chi connectivity index (χ3n) is 3.39. The third kappa shape index (κ3) is 2.91. The van der Waals surface area contributed by atoms with Gasteiger partial charge in [0.1, 0.15) is 0 Å². The molecule has 0 aromatic carbocycles. The normalized spacial score (nSPS) is 38.4. The molecule has 0 aliphatic carbocycles.